The number of para-hydroxylation sites is 2. The highest BCUT2D eigenvalue weighted by molar-refractivity contribution is 5.78. The van der Waals surface area contributed by atoms with Crippen molar-refractivity contribution in [2.24, 2.45) is 5.92 Å². The maximum absolute atomic E-state index is 14.2. The molecule has 1 atom stereocenters. The number of likely N-dealkylation sites (tertiary alicyclic amines) is 1. The first kappa shape index (κ1) is 29.7. The summed E-state index contributed by atoms with van der Waals surface area (Å²) in [6, 6.07) is 9.14. The number of anilines is 2. The van der Waals surface area contributed by atoms with E-state index in [1.54, 1.807) is 24.3 Å². The van der Waals surface area contributed by atoms with Gasteiger partial charge in [-0.25, -0.2) is 13.8 Å². The Morgan fingerprint density at radius 1 is 1.05 bits per heavy atom. The van der Waals surface area contributed by atoms with Crippen molar-refractivity contribution in [1.82, 2.24) is 24.4 Å². The number of nitrogens with zero attached hydrogens (tertiary/aromatic N) is 6. The molecule has 6 rings (SSSR count). The Balaban J connectivity index is 1.19. The van der Waals surface area contributed by atoms with E-state index in [9.17, 15) is 13.6 Å². The fourth-order valence-corrected chi connectivity index (χ4v) is 6.78. The Bertz CT molecular complexity index is 1390. The van der Waals surface area contributed by atoms with Crippen molar-refractivity contribution in [3.63, 3.8) is 0 Å². The highest BCUT2D eigenvalue weighted by Gasteiger charge is 2.36. The number of hydrogen-bond donors (Lipinski definition) is 1. The molecule has 1 aromatic carbocycles. The monoisotopic (exact) mass is 597 g/mol. The van der Waals surface area contributed by atoms with Crippen molar-refractivity contribution in [1.29, 1.82) is 0 Å². The number of fused-ring (bicyclic) bond motifs is 1. The Hall–Kier alpha value is -3.38. The minimum atomic E-state index is -2.76. The Morgan fingerprint density at radius 3 is 2.60 bits per heavy atom. The van der Waals surface area contributed by atoms with Crippen molar-refractivity contribution in [3.05, 3.63) is 36.2 Å². The molecule has 0 radical (unpaired) electrons. The van der Waals surface area contributed by atoms with Gasteiger partial charge in [0.25, 0.3) is 6.43 Å². The highest BCUT2D eigenvalue weighted by Crippen LogP contribution is 2.33. The van der Waals surface area contributed by atoms with Crippen molar-refractivity contribution in [3.8, 4) is 5.82 Å². The van der Waals surface area contributed by atoms with E-state index in [2.05, 4.69) is 15.2 Å². The Labute approximate surface area is 250 Å². The van der Waals surface area contributed by atoms with Gasteiger partial charge >= 0.3 is 5.97 Å². The SMILES string of the molecule is CCOC(=O)C1CCCCN1C1CCC(CNc2cc(-n3c(C(F)F)nc4ccccc43)nc(N3CCOCC3)n2)CC1. The number of hydrogen-bond acceptors (Lipinski definition) is 9. The van der Waals surface area contributed by atoms with Crippen LogP contribution in [0.4, 0.5) is 20.5 Å². The molecule has 0 bridgehead atoms. The van der Waals surface area contributed by atoms with Gasteiger partial charge in [0, 0.05) is 31.7 Å². The van der Waals surface area contributed by atoms with Crippen molar-refractivity contribution < 1.29 is 23.0 Å². The molecule has 1 unspecified atom stereocenters. The van der Waals surface area contributed by atoms with E-state index in [0.29, 0.717) is 73.5 Å². The van der Waals surface area contributed by atoms with Crippen LogP contribution in [0.5, 0.6) is 0 Å². The predicted octanol–water partition coefficient (Wildman–Crippen LogP) is 4.98. The lowest BCUT2D eigenvalue weighted by Gasteiger charge is -2.42. The van der Waals surface area contributed by atoms with Crippen molar-refractivity contribution in [2.75, 3.05) is 56.2 Å². The molecule has 232 valence electrons. The number of aromatic nitrogens is 4. The van der Waals surface area contributed by atoms with Gasteiger partial charge in [-0.1, -0.05) is 18.6 Å². The normalized spacial score (nSPS) is 23.5. The number of piperidine rings is 1. The number of rotatable bonds is 9. The van der Waals surface area contributed by atoms with Gasteiger partial charge in [0.2, 0.25) is 5.95 Å². The van der Waals surface area contributed by atoms with Gasteiger partial charge in [0.1, 0.15) is 17.7 Å². The van der Waals surface area contributed by atoms with E-state index in [0.717, 1.165) is 58.0 Å². The van der Waals surface area contributed by atoms with E-state index >= 15 is 0 Å². The molecule has 1 aliphatic carbocycles. The lowest BCUT2D eigenvalue weighted by atomic mass is 9.83. The van der Waals surface area contributed by atoms with Crippen LogP contribution in [-0.4, -0.2) is 88.5 Å². The Morgan fingerprint density at radius 2 is 1.84 bits per heavy atom. The second-order valence-corrected chi connectivity index (χ2v) is 11.7. The van der Waals surface area contributed by atoms with E-state index in [1.165, 1.54) is 4.57 Å². The van der Waals surface area contributed by atoms with Crippen LogP contribution in [-0.2, 0) is 14.3 Å². The summed E-state index contributed by atoms with van der Waals surface area (Å²) < 4.78 is 40.7. The molecular formula is C31H41F2N7O3. The van der Waals surface area contributed by atoms with Crippen LogP contribution < -0.4 is 10.2 Å². The first-order chi connectivity index (χ1) is 21.0. The number of imidazole rings is 1. The number of esters is 1. The largest absolute Gasteiger partial charge is 0.465 e. The van der Waals surface area contributed by atoms with Crippen LogP contribution >= 0.6 is 0 Å². The summed E-state index contributed by atoms with van der Waals surface area (Å²) in [6.45, 7) is 6.33. The molecule has 12 heteroatoms. The van der Waals surface area contributed by atoms with Crippen LogP contribution in [0.1, 0.15) is 64.1 Å². The minimum Gasteiger partial charge on any atom is -0.465 e. The van der Waals surface area contributed by atoms with E-state index in [1.807, 2.05) is 17.9 Å². The van der Waals surface area contributed by atoms with Gasteiger partial charge in [0.15, 0.2) is 5.82 Å². The molecule has 0 spiro atoms. The average Bonchev–Trinajstić information content (AvgIpc) is 3.45. The summed E-state index contributed by atoms with van der Waals surface area (Å²) >= 11 is 0. The number of nitrogens with one attached hydrogen (secondary N) is 1. The molecular weight excluding hydrogens is 556 g/mol. The molecule has 2 aromatic heterocycles. The smallest absolute Gasteiger partial charge is 0.323 e. The second kappa shape index (κ2) is 13.5. The third-order valence-corrected chi connectivity index (χ3v) is 8.97. The molecule has 3 aromatic rings. The highest BCUT2D eigenvalue weighted by atomic mass is 19.3. The second-order valence-electron chi connectivity index (χ2n) is 11.7. The lowest BCUT2D eigenvalue weighted by Crippen LogP contribution is -2.51. The molecule has 3 aliphatic rings. The number of benzene rings is 1. The van der Waals surface area contributed by atoms with Gasteiger partial charge in [-0.05, 0) is 70.0 Å². The predicted molar refractivity (Wildman–Crippen MR) is 160 cm³/mol. The van der Waals surface area contributed by atoms with Crippen molar-refractivity contribution in [2.45, 2.75) is 70.4 Å². The maximum atomic E-state index is 14.2. The van der Waals surface area contributed by atoms with Crippen LogP contribution in [0.3, 0.4) is 0 Å². The molecule has 43 heavy (non-hydrogen) atoms. The number of morpholine rings is 1. The molecule has 3 fully saturated rings. The molecule has 10 nitrogen and oxygen atoms in total. The third-order valence-electron chi connectivity index (χ3n) is 8.97. The fourth-order valence-electron chi connectivity index (χ4n) is 6.78. The van der Waals surface area contributed by atoms with E-state index in [4.69, 9.17) is 19.4 Å². The van der Waals surface area contributed by atoms with E-state index < -0.39 is 6.43 Å². The molecule has 0 amide bonds. The molecule has 1 saturated carbocycles. The fraction of sp³-hybridized carbons (Fsp3) is 0.613. The zero-order valence-electron chi connectivity index (χ0n) is 24.8. The maximum Gasteiger partial charge on any atom is 0.323 e. The van der Waals surface area contributed by atoms with Crippen LogP contribution in [0.25, 0.3) is 16.9 Å². The first-order valence-corrected chi connectivity index (χ1v) is 15.7. The first-order valence-electron chi connectivity index (χ1n) is 15.7. The average molecular weight is 598 g/mol. The van der Waals surface area contributed by atoms with Gasteiger partial charge in [-0.2, -0.15) is 9.97 Å². The van der Waals surface area contributed by atoms with E-state index in [-0.39, 0.29) is 17.8 Å². The zero-order valence-corrected chi connectivity index (χ0v) is 24.8. The molecule has 1 N–H and O–H groups in total. The molecule has 2 saturated heterocycles. The van der Waals surface area contributed by atoms with Crippen LogP contribution in [0.2, 0.25) is 0 Å². The summed E-state index contributed by atoms with van der Waals surface area (Å²) in [6.07, 6.45) is 4.47. The Kier molecular flexibility index (Phi) is 9.32. The third kappa shape index (κ3) is 6.59. The lowest BCUT2D eigenvalue weighted by molar-refractivity contribution is -0.152. The van der Waals surface area contributed by atoms with Gasteiger partial charge < -0.3 is 19.7 Å². The number of alkyl halides is 2. The molecule has 2 aliphatic heterocycles. The molecule has 4 heterocycles. The number of carbonyl (C=O) groups excluding carboxylic acids is 1. The summed E-state index contributed by atoms with van der Waals surface area (Å²) in [5, 5.41) is 3.51. The van der Waals surface area contributed by atoms with Crippen molar-refractivity contribution >= 4 is 28.8 Å². The number of ether oxygens (including phenoxy) is 2. The van der Waals surface area contributed by atoms with Crippen LogP contribution in [0, 0.1) is 5.92 Å². The van der Waals surface area contributed by atoms with Gasteiger partial charge in [0.05, 0.1) is 30.9 Å². The van der Waals surface area contributed by atoms with Gasteiger partial charge in [-0.15, -0.1) is 0 Å². The zero-order chi connectivity index (χ0) is 29.8. The quantitative estimate of drug-likeness (QED) is 0.343. The summed E-state index contributed by atoms with van der Waals surface area (Å²) in [5.74, 6) is 1.48. The summed E-state index contributed by atoms with van der Waals surface area (Å²) in [5.41, 5.74) is 1.07. The topological polar surface area (TPSA) is 97.6 Å². The van der Waals surface area contributed by atoms with Gasteiger partial charge in [-0.3, -0.25) is 14.3 Å². The van der Waals surface area contributed by atoms with Crippen LogP contribution in [0.15, 0.2) is 30.3 Å². The summed E-state index contributed by atoms with van der Waals surface area (Å²) in [7, 11) is 0. The number of carbonyl (C=O) groups is 1. The summed E-state index contributed by atoms with van der Waals surface area (Å²) in [4.78, 5) is 30.8. The number of halogens is 2. The minimum absolute atomic E-state index is 0.0812. The standard InChI is InChI=1S/C31H41F2N7O3/c1-2-43-30(41)25-9-5-6-14-39(25)22-12-10-21(11-13-22)20-34-26-19-27(37-31(36-26)38-15-17-42-18-16-38)40-24-8-4-3-7-23(24)35-29(40)28(32)33/h3-4,7-8,19,21-22,25,28H,2,5-6,9-18,20H2,1H3,(H,34,36,37).